The SMILES string of the molecule is Cc1ccc(S(=O)(=O)Oc2cc(S(=O)(=O)O)cc3c(S(=O)(=O)O)c(N=Nc4c(S(=O)(=O)O)cc5cc(S(=O)(=O)O)cc(O)c5c4N)ccc23)cc1. The largest absolute Gasteiger partial charge is 0.507 e. The number of phenols is 1. The van der Waals surface area contributed by atoms with Crippen LogP contribution in [-0.4, -0.2) is 65.4 Å². The van der Waals surface area contributed by atoms with Gasteiger partial charge >= 0.3 is 10.1 Å². The van der Waals surface area contributed by atoms with Crippen molar-refractivity contribution in [3.8, 4) is 11.5 Å². The van der Waals surface area contributed by atoms with Crippen molar-refractivity contribution < 1.29 is 69.6 Å². The second-order valence-corrected chi connectivity index (χ2v) is 17.7. The molecule has 0 spiro atoms. The smallest absolute Gasteiger partial charge is 0.339 e. The number of aryl methyl sites for hydroxylation is 1. The summed E-state index contributed by atoms with van der Waals surface area (Å²) in [5.74, 6) is -1.76. The number of nitrogens with zero attached hydrogens (tertiary/aromatic N) is 2. The van der Waals surface area contributed by atoms with E-state index in [1.165, 1.54) is 12.1 Å². The van der Waals surface area contributed by atoms with Crippen LogP contribution in [0, 0.1) is 6.92 Å². The Morgan fingerprint density at radius 1 is 0.627 bits per heavy atom. The van der Waals surface area contributed by atoms with E-state index >= 15 is 0 Å². The highest BCUT2D eigenvalue weighted by atomic mass is 32.2. The zero-order valence-corrected chi connectivity index (χ0v) is 29.2. The van der Waals surface area contributed by atoms with E-state index in [0.29, 0.717) is 35.9 Å². The number of rotatable bonds is 9. The molecule has 0 atom stereocenters. The summed E-state index contributed by atoms with van der Waals surface area (Å²) in [4.78, 5) is -4.82. The molecule has 0 amide bonds. The van der Waals surface area contributed by atoms with E-state index in [4.69, 9.17) is 9.92 Å². The third-order valence-corrected chi connectivity index (χ3v) is 11.8. The van der Waals surface area contributed by atoms with Crippen LogP contribution in [0.25, 0.3) is 21.5 Å². The highest BCUT2D eigenvalue weighted by molar-refractivity contribution is 7.87. The molecular weight excluding hydrogens is 783 g/mol. The number of fused-ring (bicyclic) bond motifs is 2. The number of anilines is 1. The Hall–Kier alpha value is -4.79. The van der Waals surface area contributed by atoms with Crippen LogP contribution in [0.15, 0.2) is 101 Å². The first-order valence-electron chi connectivity index (χ1n) is 13.3. The predicted molar refractivity (Wildman–Crippen MR) is 176 cm³/mol. The summed E-state index contributed by atoms with van der Waals surface area (Å²) in [7, 11) is -25.7. The van der Waals surface area contributed by atoms with E-state index in [1.54, 1.807) is 6.92 Å². The van der Waals surface area contributed by atoms with Crippen molar-refractivity contribution in [2.24, 2.45) is 10.2 Å². The van der Waals surface area contributed by atoms with Crippen molar-refractivity contribution >= 4 is 89.2 Å². The molecule has 5 rings (SSSR count). The molecule has 0 unspecified atom stereocenters. The number of phenolic OH excluding ortho intramolecular Hbond substituents is 1. The van der Waals surface area contributed by atoms with Gasteiger partial charge in [0.1, 0.15) is 31.8 Å². The summed E-state index contributed by atoms with van der Waals surface area (Å²) in [6.07, 6.45) is 0. The fourth-order valence-electron chi connectivity index (χ4n) is 4.82. The molecule has 0 aliphatic rings. The molecule has 270 valence electrons. The molecule has 5 aromatic carbocycles. The van der Waals surface area contributed by atoms with Gasteiger partial charge in [-0.1, -0.05) is 17.7 Å². The van der Waals surface area contributed by atoms with Gasteiger partial charge in [-0.05, 0) is 54.8 Å². The third-order valence-electron chi connectivity index (χ3n) is 7.07. The maximum atomic E-state index is 13.1. The molecular formula is C27H21N3O16S5. The van der Waals surface area contributed by atoms with Crippen LogP contribution < -0.4 is 9.92 Å². The molecule has 0 aliphatic heterocycles. The lowest BCUT2D eigenvalue weighted by molar-refractivity contribution is 0.471. The van der Waals surface area contributed by atoms with Gasteiger partial charge in [-0.25, -0.2) is 0 Å². The Morgan fingerprint density at radius 2 is 1.22 bits per heavy atom. The number of hydrogen-bond donors (Lipinski definition) is 6. The Kier molecular flexibility index (Phi) is 9.15. The zero-order valence-electron chi connectivity index (χ0n) is 25.1. The molecule has 0 heterocycles. The van der Waals surface area contributed by atoms with Crippen molar-refractivity contribution in [2.75, 3.05) is 5.73 Å². The van der Waals surface area contributed by atoms with E-state index in [1.807, 2.05) is 0 Å². The summed E-state index contributed by atoms with van der Waals surface area (Å²) in [6, 6.07) is 9.83. The minimum absolute atomic E-state index is 0.401. The highest BCUT2D eigenvalue weighted by Crippen LogP contribution is 2.44. The van der Waals surface area contributed by atoms with Gasteiger partial charge in [0.2, 0.25) is 0 Å². The second kappa shape index (κ2) is 12.5. The van der Waals surface area contributed by atoms with Gasteiger partial charge in [-0.15, -0.1) is 10.2 Å². The molecule has 0 aromatic heterocycles. The molecule has 0 aliphatic carbocycles. The van der Waals surface area contributed by atoms with Crippen molar-refractivity contribution in [1.29, 1.82) is 0 Å². The first-order valence-corrected chi connectivity index (χ1v) is 20.5. The Bertz CT molecular complexity index is 2910. The first-order chi connectivity index (χ1) is 23.3. The minimum Gasteiger partial charge on any atom is -0.507 e. The quantitative estimate of drug-likeness (QED) is 0.0534. The average molecular weight is 804 g/mol. The summed E-state index contributed by atoms with van der Waals surface area (Å²) in [6.45, 7) is 1.66. The van der Waals surface area contributed by atoms with Crippen molar-refractivity contribution in [3.63, 3.8) is 0 Å². The normalized spacial score (nSPS) is 13.3. The molecule has 0 saturated carbocycles. The third kappa shape index (κ3) is 7.48. The van der Waals surface area contributed by atoms with Gasteiger partial charge in [-0.3, -0.25) is 18.2 Å². The number of azo groups is 1. The molecule has 0 radical (unpaired) electrons. The van der Waals surface area contributed by atoms with Gasteiger partial charge in [0.05, 0.1) is 15.5 Å². The molecule has 0 fully saturated rings. The highest BCUT2D eigenvalue weighted by Gasteiger charge is 2.28. The number of aromatic hydroxyl groups is 1. The summed E-state index contributed by atoms with van der Waals surface area (Å²) in [5, 5.41) is 15.5. The van der Waals surface area contributed by atoms with Crippen LogP contribution in [0.2, 0.25) is 0 Å². The maximum Gasteiger partial charge on any atom is 0.339 e. The predicted octanol–water partition coefficient (Wildman–Crippen LogP) is 3.76. The summed E-state index contributed by atoms with van der Waals surface area (Å²) < 4.78 is 168. The van der Waals surface area contributed by atoms with Gasteiger partial charge in [-0.2, -0.15) is 42.1 Å². The Labute approximate surface area is 288 Å². The van der Waals surface area contributed by atoms with Crippen LogP contribution >= 0.6 is 0 Å². The average Bonchev–Trinajstić information content (AvgIpc) is 2.97. The van der Waals surface area contributed by atoms with Crippen molar-refractivity contribution in [1.82, 2.24) is 0 Å². The van der Waals surface area contributed by atoms with E-state index in [9.17, 15) is 65.4 Å². The molecule has 24 heteroatoms. The standard InChI is InChI=1S/C27H21N3O16S5/c1-13-2-4-15(5-3-13)51(44,45)46-22-12-17(48(35,36)37)10-19-18(22)6-7-20(27(19)50(41,42)43)29-30-26-23(49(38,39)40)9-14-8-16(47(32,33)34)11-21(31)24(14)25(26)28/h2-12,31H,28H2,1H3,(H,32,33,34)(H,35,36,37)(H,38,39,40)(H,41,42,43). The van der Waals surface area contributed by atoms with Gasteiger partial charge < -0.3 is 15.0 Å². The van der Waals surface area contributed by atoms with Crippen molar-refractivity contribution in [3.05, 3.63) is 72.3 Å². The minimum atomic E-state index is -5.51. The fourth-order valence-corrected chi connectivity index (χ4v) is 8.31. The second-order valence-electron chi connectivity index (χ2n) is 10.6. The Balaban J connectivity index is 1.80. The lowest BCUT2D eigenvalue weighted by Gasteiger charge is -2.14. The number of benzene rings is 5. The van der Waals surface area contributed by atoms with Crippen LogP contribution in [-0.2, 0) is 50.6 Å². The molecule has 7 N–H and O–H groups in total. The molecule has 0 bridgehead atoms. The van der Waals surface area contributed by atoms with Crippen molar-refractivity contribution in [2.45, 2.75) is 31.4 Å². The topological polar surface area (TPSA) is 332 Å². The van der Waals surface area contributed by atoms with E-state index in [-0.39, 0.29) is 0 Å². The lowest BCUT2D eigenvalue weighted by Crippen LogP contribution is -2.11. The Morgan fingerprint density at radius 3 is 1.76 bits per heavy atom. The van der Waals surface area contributed by atoms with Crippen LogP contribution in [0.1, 0.15) is 5.56 Å². The first kappa shape index (κ1) is 37.5. The van der Waals surface area contributed by atoms with Gasteiger partial charge in [0, 0.05) is 28.3 Å². The monoisotopic (exact) mass is 803 g/mol. The summed E-state index contributed by atoms with van der Waals surface area (Å²) >= 11 is 0. The molecule has 51 heavy (non-hydrogen) atoms. The maximum absolute atomic E-state index is 13.1. The molecule has 5 aromatic rings. The number of nitrogens with two attached hydrogens (primary N) is 1. The number of hydrogen-bond acceptors (Lipinski definition) is 15. The molecule has 0 saturated heterocycles. The fraction of sp³-hybridized carbons (Fsp3) is 0.0370. The zero-order chi connectivity index (χ0) is 38.1. The van der Waals surface area contributed by atoms with Crippen LogP contribution in [0.4, 0.5) is 17.1 Å². The van der Waals surface area contributed by atoms with Gasteiger partial charge in [0.25, 0.3) is 40.5 Å². The summed E-state index contributed by atoms with van der Waals surface area (Å²) in [5.41, 5.74) is 4.08. The van der Waals surface area contributed by atoms with E-state index in [0.717, 1.165) is 24.3 Å². The van der Waals surface area contributed by atoms with Crippen LogP contribution in [0.5, 0.6) is 11.5 Å². The molecule has 19 nitrogen and oxygen atoms in total. The van der Waals surface area contributed by atoms with Crippen LogP contribution in [0.3, 0.4) is 0 Å². The van der Waals surface area contributed by atoms with E-state index in [2.05, 4.69) is 10.2 Å². The number of nitrogen functional groups attached to an aromatic ring is 1. The van der Waals surface area contributed by atoms with E-state index < -0.39 is 125 Å². The van der Waals surface area contributed by atoms with Gasteiger partial charge in [0.15, 0.2) is 5.75 Å². The lowest BCUT2D eigenvalue weighted by atomic mass is 10.1.